The third-order valence-corrected chi connectivity index (χ3v) is 2.37. The van der Waals surface area contributed by atoms with Crippen LogP contribution in [-0.2, 0) is 0 Å². The molecule has 5 nitrogen and oxygen atoms in total. The van der Waals surface area contributed by atoms with Gasteiger partial charge >= 0.3 is 0 Å². The highest BCUT2D eigenvalue weighted by Gasteiger charge is 2.11. The average molecular weight is 209 g/mol. The van der Waals surface area contributed by atoms with E-state index in [0.29, 0.717) is 5.82 Å². The lowest BCUT2D eigenvalue weighted by molar-refractivity contribution is 0.772. The van der Waals surface area contributed by atoms with Gasteiger partial charge in [0.1, 0.15) is 18.0 Å². The fourth-order valence-electron chi connectivity index (χ4n) is 1.59. The molecule has 0 saturated heterocycles. The van der Waals surface area contributed by atoms with Crippen LogP contribution in [0.15, 0.2) is 6.33 Å². The van der Waals surface area contributed by atoms with Gasteiger partial charge in [0.2, 0.25) is 0 Å². The van der Waals surface area contributed by atoms with Crippen molar-refractivity contribution >= 4 is 11.6 Å². The van der Waals surface area contributed by atoms with E-state index in [9.17, 15) is 0 Å². The largest absolute Gasteiger partial charge is 0.357 e. The Morgan fingerprint density at radius 1 is 1.40 bits per heavy atom. The molecule has 15 heavy (non-hydrogen) atoms. The Bertz CT molecular complexity index is 313. The lowest BCUT2D eigenvalue weighted by atomic mass is 10.2. The van der Waals surface area contributed by atoms with E-state index in [2.05, 4.69) is 34.1 Å². The molecular weight excluding hydrogens is 190 g/mol. The van der Waals surface area contributed by atoms with Crippen molar-refractivity contribution in [3.63, 3.8) is 0 Å². The summed E-state index contributed by atoms with van der Waals surface area (Å²) in [7, 11) is 0. The molecular formula is C10H19N5. The summed E-state index contributed by atoms with van der Waals surface area (Å²) in [6.45, 7) is 8.19. The van der Waals surface area contributed by atoms with E-state index in [0.717, 1.165) is 30.9 Å². The molecule has 0 fully saturated rings. The summed E-state index contributed by atoms with van der Waals surface area (Å²) >= 11 is 0. The summed E-state index contributed by atoms with van der Waals surface area (Å²) in [5.41, 5.74) is 3.57. The average Bonchev–Trinajstić information content (AvgIpc) is 2.27. The Hall–Kier alpha value is -1.36. The van der Waals surface area contributed by atoms with Crippen molar-refractivity contribution < 1.29 is 0 Å². The quantitative estimate of drug-likeness (QED) is 0.565. The normalized spacial score (nSPS) is 10.1. The summed E-state index contributed by atoms with van der Waals surface area (Å²) in [4.78, 5) is 10.6. The van der Waals surface area contributed by atoms with E-state index < -0.39 is 0 Å². The van der Waals surface area contributed by atoms with Crippen LogP contribution in [0.5, 0.6) is 0 Å². The SMILES string of the molecule is CCCN(CC)c1ncnc(NN)c1C. The van der Waals surface area contributed by atoms with Crippen molar-refractivity contribution in [2.45, 2.75) is 27.2 Å². The third-order valence-electron chi connectivity index (χ3n) is 2.37. The van der Waals surface area contributed by atoms with E-state index in [1.165, 1.54) is 6.33 Å². The van der Waals surface area contributed by atoms with E-state index in [1.807, 2.05) is 6.92 Å². The highest BCUT2D eigenvalue weighted by molar-refractivity contribution is 5.57. The molecule has 5 heteroatoms. The van der Waals surface area contributed by atoms with Gasteiger partial charge in [0, 0.05) is 18.7 Å². The molecule has 3 N–H and O–H groups in total. The predicted octanol–water partition coefficient (Wildman–Crippen LogP) is 1.31. The van der Waals surface area contributed by atoms with E-state index in [4.69, 9.17) is 5.84 Å². The van der Waals surface area contributed by atoms with Gasteiger partial charge in [0.15, 0.2) is 0 Å². The first-order valence-corrected chi connectivity index (χ1v) is 5.27. The van der Waals surface area contributed by atoms with Crippen LogP contribution >= 0.6 is 0 Å². The Balaban J connectivity index is 3.01. The molecule has 1 aromatic rings. The molecule has 0 aliphatic rings. The molecule has 1 aromatic heterocycles. The van der Waals surface area contributed by atoms with Crippen molar-refractivity contribution in [1.82, 2.24) is 9.97 Å². The Morgan fingerprint density at radius 2 is 2.13 bits per heavy atom. The van der Waals surface area contributed by atoms with Crippen molar-refractivity contribution in [2.75, 3.05) is 23.4 Å². The number of hydrogen-bond donors (Lipinski definition) is 2. The molecule has 0 aliphatic heterocycles. The van der Waals surface area contributed by atoms with Gasteiger partial charge < -0.3 is 10.3 Å². The smallest absolute Gasteiger partial charge is 0.148 e. The standard InChI is InChI=1S/C10H19N5/c1-4-6-15(5-2)10-8(3)9(14-11)12-7-13-10/h7H,4-6,11H2,1-3H3,(H,12,13,14). The second-order valence-corrected chi connectivity index (χ2v) is 3.39. The predicted molar refractivity (Wildman–Crippen MR) is 62.8 cm³/mol. The fraction of sp³-hybridized carbons (Fsp3) is 0.600. The molecule has 0 aromatic carbocycles. The highest BCUT2D eigenvalue weighted by Crippen LogP contribution is 2.21. The van der Waals surface area contributed by atoms with Gasteiger partial charge in [-0.1, -0.05) is 6.92 Å². The van der Waals surface area contributed by atoms with Gasteiger partial charge in [-0.3, -0.25) is 0 Å². The molecule has 0 radical (unpaired) electrons. The molecule has 0 unspecified atom stereocenters. The van der Waals surface area contributed by atoms with Crippen LogP contribution in [0.3, 0.4) is 0 Å². The van der Waals surface area contributed by atoms with Gasteiger partial charge in [0.25, 0.3) is 0 Å². The van der Waals surface area contributed by atoms with Crippen molar-refractivity contribution in [3.05, 3.63) is 11.9 Å². The molecule has 1 heterocycles. The van der Waals surface area contributed by atoms with Gasteiger partial charge in [-0.25, -0.2) is 15.8 Å². The lowest BCUT2D eigenvalue weighted by Crippen LogP contribution is -2.26. The molecule has 0 spiro atoms. The number of nitrogens with zero attached hydrogens (tertiary/aromatic N) is 3. The minimum Gasteiger partial charge on any atom is -0.357 e. The maximum Gasteiger partial charge on any atom is 0.148 e. The zero-order chi connectivity index (χ0) is 11.3. The summed E-state index contributed by atoms with van der Waals surface area (Å²) < 4.78 is 0. The molecule has 0 aliphatic carbocycles. The van der Waals surface area contributed by atoms with Crippen LogP contribution in [0.25, 0.3) is 0 Å². The number of hydrogen-bond acceptors (Lipinski definition) is 5. The molecule has 0 atom stereocenters. The molecule has 1 rings (SSSR count). The Labute approximate surface area is 90.7 Å². The first kappa shape index (κ1) is 11.7. The van der Waals surface area contributed by atoms with E-state index >= 15 is 0 Å². The maximum atomic E-state index is 5.38. The van der Waals surface area contributed by atoms with Crippen molar-refractivity contribution in [2.24, 2.45) is 5.84 Å². The van der Waals surface area contributed by atoms with E-state index in [1.54, 1.807) is 0 Å². The summed E-state index contributed by atoms with van der Waals surface area (Å²) in [6, 6.07) is 0. The van der Waals surface area contributed by atoms with Gasteiger partial charge in [-0.2, -0.15) is 0 Å². The van der Waals surface area contributed by atoms with Crippen molar-refractivity contribution in [3.8, 4) is 0 Å². The number of aromatic nitrogens is 2. The number of nitrogen functional groups attached to an aromatic ring is 1. The third kappa shape index (κ3) is 2.56. The maximum absolute atomic E-state index is 5.38. The summed E-state index contributed by atoms with van der Waals surface area (Å²) in [5, 5.41) is 0. The molecule has 0 saturated carbocycles. The number of anilines is 2. The monoisotopic (exact) mass is 209 g/mol. The van der Waals surface area contributed by atoms with Crippen LogP contribution in [0, 0.1) is 6.92 Å². The lowest BCUT2D eigenvalue weighted by Gasteiger charge is -2.23. The van der Waals surface area contributed by atoms with E-state index in [-0.39, 0.29) is 0 Å². The summed E-state index contributed by atoms with van der Waals surface area (Å²) in [6.07, 6.45) is 2.64. The van der Waals surface area contributed by atoms with Crippen LogP contribution in [0.2, 0.25) is 0 Å². The minimum absolute atomic E-state index is 0.689. The zero-order valence-corrected chi connectivity index (χ0v) is 9.62. The topological polar surface area (TPSA) is 67.1 Å². The van der Waals surface area contributed by atoms with Gasteiger partial charge in [-0.05, 0) is 20.3 Å². The van der Waals surface area contributed by atoms with Crippen LogP contribution in [0.1, 0.15) is 25.8 Å². The van der Waals surface area contributed by atoms with Crippen LogP contribution in [-0.4, -0.2) is 23.1 Å². The van der Waals surface area contributed by atoms with Crippen LogP contribution in [0.4, 0.5) is 11.6 Å². The van der Waals surface area contributed by atoms with Gasteiger partial charge in [-0.15, -0.1) is 0 Å². The number of nitrogens with one attached hydrogen (secondary N) is 1. The molecule has 0 bridgehead atoms. The zero-order valence-electron chi connectivity index (χ0n) is 9.62. The van der Waals surface area contributed by atoms with Gasteiger partial charge in [0.05, 0.1) is 0 Å². The molecule has 84 valence electrons. The first-order chi connectivity index (χ1) is 7.24. The minimum atomic E-state index is 0.689. The number of nitrogens with two attached hydrogens (primary N) is 1. The van der Waals surface area contributed by atoms with Crippen LogP contribution < -0.4 is 16.2 Å². The second kappa shape index (κ2) is 5.50. The number of hydrazine groups is 1. The van der Waals surface area contributed by atoms with Crippen molar-refractivity contribution in [1.29, 1.82) is 0 Å². The Morgan fingerprint density at radius 3 is 2.67 bits per heavy atom. The Kier molecular flexibility index (Phi) is 4.30. The second-order valence-electron chi connectivity index (χ2n) is 3.39. The molecule has 0 amide bonds. The highest BCUT2D eigenvalue weighted by atomic mass is 15.3. The summed E-state index contributed by atoms with van der Waals surface area (Å²) in [5.74, 6) is 7.03. The number of rotatable bonds is 5. The fourth-order valence-corrected chi connectivity index (χ4v) is 1.59. The first-order valence-electron chi connectivity index (χ1n) is 5.27.